The number of likely N-dealkylation sites (N-methyl/N-ethyl adjacent to an activating group) is 1. The largest absolute Gasteiger partial charge is 0.353 e. The smallest absolute Gasteiger partial charge is 0.256 e. The van der Waals surface area contributed by atoms with Crippen LogP contribution < -0.4 is 15.5 Å². The Morgan fingerprint density at radius 3 is 2.23 bits per heavy atom. The van der Waals surface area contributed by atoms with E-state index < -0.39 is 0 Å². The number of aryl methyl sites for hydroxylation is 1. The van der Waals surface area contributed by atoms with Crippen LogP contribution in [-0.2, 0) is 22.7 Å². The Labute approximate surface area is 249 Å². The number of halogens is 2. The number of rotatable bonds is 11. The van der Waals surface area contributed by atoms with Crippen LogP contribution in [0.5, 0.6) is 0 Å². The molecule has 40 heavy (non-hydrogen) atoms. The highest BCUT2D eigenvalue weighted by atomic mass is 35.5. The fraction of sp³-hybridized carbons (Fsp3) is 0.379. The SMILES string of the molecule is Cc1ccc(-c2ncccn2)cc1N(CC(=O)NCCNC(C)C)CC(=O)N(C)N1Cc2ccccc2C1.Cl.Cl. The number of anilines is 1. The number of carbonyl (C=O) groups is 2. The van der Waals surface area contributed by atoms with Gasteiger partial charge in [-0.2, -0.15) is 0 Å². The third-order valence-corrected chi connectivity index (χ3v) is 6.64. The highest BCUT2D eigenvalue weighted by Crippen LogP contribution is 2.27. The van der Waals surface area contributed by atoms with E-state index in [-0.39, 0.29) is 49.7 Å². The molecule has 0 atom stereocenters. The third-order valence-electron chi connectivity index (χ3n) is 6.64. The summed E-state index contributed by atoms with van der Waals surface area (Å²) < 4.78 is 0. The Balaban J connectivity index is 0.00000280. The second-order valence-corrected chi connectivity index (χ2v) is 9.90. The summed E-state index contributed by atoms with van der Waals surface area (Å²) in [7, 11) is 1.80. The molecule has 0 radical (unpaired) electrons. The molecule has 1 aliphatic rings. The van der Waals surface area contributed by atoms with Crippen molar-refractivity contribution in [3.8, 4) is 11.4 Å². The Kier molecular flexibility index (Phi) is 12.8. The van der Waals surface area contributed by atoms with Gasteiger partial charge < -0.3 is 15.5 Å². The number of fused-ring (bicyclic) bond motifs is 1. The lowest BCUT2D eigenvalue weighted by Gasteiger charge is -2.32. The summed E-state index contributed by atoms with van der Waals surface area (Å²) >= 11 is 0. The molecule has 0 fully saturated rings. The zero-order chi connectivity index (χ0) is 27.1. The van der Waals surface area contributed by atoms with Crippen LogP contribution in [-0.4, -0.2) is 71.1 Å². The number of hydrogen-bond acceptors (Lipinski definition) is 7. The molecule has 216 valence electrons. The van der Waals surface area contributed by atoms with E-state index >= 15 is 0 Å². The van der Waals surface area contributed by atoms with E-state index in [9.17, 15) is 9.59 Å². The maximum atomic E-state index is 13.5. The molecule has 3 aromatic rings. The molecule has 0 saturated carbocycles. The first kappa shape index (κ1) is 33.0. The van der Waals surface area contributed by atoms with Gasteiger partial charge in [-0.3, -0.25) is 14.6 Å². The van der Waals surface area contributed by atoms with Crippen molar-refractivity contribution in [2.24, 2.45) is 0 Å². The molecular weight excluding hydrogens is 549 g/mol. The highest BCUT2D eigenvalue weighted by Gasteiger charge is 2.27. The minimum atomic E-state index is -0.139. The van der Waals surface area contributed by atoms with Crippen molar-refractivity contribution in [3.63, 3.8) is 0 Å². The molecule has 9 nitrogen and oxygen atoms in total. The topological polar surface area (TPSA) is 93.7 Å². The van der Waals surface area contributed by atoms with Crippen LogP contribution in [0.2, 0.25) is 0 Å². The summed E-state index contributed by atoms with van der Waals surface area (Å²) in [5.41, 5.74) is 5.04. The second kappa shape index (κ2) is 15.5. The van der Waals surface area contributed by atoms with Crippen LogP contribution in [0.25, 0.3) is 11.4 Å². The molecule has 1 aliphatic heterocycles. The van der Waals surface area contributed by atoms with Crippen molar-refractivity contribution >= 4 is 42.3 Å². The summed E-state index contributed by atoms with van der Waals surface area (Å²) in [5.74, 6) is 0.365. The summed E-state index contributed by atoms with van der Waals surface area (Å²) in [6.07, 6.45) is 3.40. The minimum Gasteiger partial charge on any atom is -0.353 e. The first-order valence-corrected chi connectivity index (χ1v) is 13.0. The predicted octanol–water partition coefficient (Wildman–Crippen LogP) is 3.61. The second-order valence-electron chi connectivity index (χ2n) is 9.90. The van der Waals surface area contributed by atoms with E-state index in [1.54, 1.807) is 30.5 Å². The van der Waals surface area contributed by atoms with Gasteiger partial charge in [-0.25, -0.2) is 15.0 Å². The lowest BCUT2D eigenvalue weighted by Crippen LogP contribution is -2.48. The van der Waals surface area contributed by atoms with Gasteiger partial charge in [0.15, 0.2) is 5.82 Å². The van der Waals surface area contributed by atoms with Crippen molar-refractivity contribution in [2.45, 2.75) is 39.9 Å². The summed E-state index contributed by atoms with van der Waals surface area (Å²) in [6.45, 7) is 8.79. The van der Waals surface area contributed by atoms with Crippen molar-refractivity contribution in [2.75, 3.05) is 38.1 Å². The van der Waals surface area contributed by atoms with Gasteiger partial charge in [0.25, 0.3) is 5.91 Å². The Morgan fingerprint density at radius 1 is 0.950 bits per heavy atom. The Hall–Kier alpha value is -3.24. The molecule has 2 heterocycles. The molecule has 2 aromatic carbocycles. The fourth-order valence-electron chi connectivity index (χ4n) is 4.51. The number of aromatic nitrogens is 2. The average Bonchev–Trinajstić information content (AvgIpc) is 3.35. The van der Waals surface area contributed by atoms with Crippen LogP contribution in [0, 0.1) is 6.92 Å². The number of hydrogen-bond donors (Lipinski definition) is 2. The van der Waals surface area contributed by atoms with Crippen molar-refractivity contribution in [3.05, 3.63) is 77.6 Å². The minimum absolute atomic E-state index is 0. The molecular formula is C29H39Cl2N7O2. The summed E-state index contributed by atoms with van der Waals surface area (Å²) in [5, 5.41) is 9.98. The van der Waals surface area contributed by atoms with E-state index in [4.69, 9.17) is 0 Å². The standard InChI is InChI=1S/C29H37N7O2.2ClH/c1-21(2)30-14-15-31-27(37)19-35(26-16-23(11-10-22(26)3)29-32-12-7-13-33-29)20-28(38)34(4)36-17-24-8-5-6-9-25(24)18-36;;/h5-13,16,21,30H,14-15,17-20H2,1-4H3,(H,31,37);2*1H. The van der Waals surface area contributed by atoms with Gasteiger partial charge in [-0.05, 0) is 35.7 Å². The van der Waals surface area contributed by atoms with E-state index in [1.165, 1.54) is 11.1 Å². The van der Waals surface area contributed by atoms with Crippen LogP contribution in [0.15, 0.2) is 60.9 Å². The number of hydrazine groups is 1. The van der Waals surface area contributed by atoms with Crippen LogP contribution >= 0.6 is 24.8 Å². The molecule has 1 aromatic heterocycles. The van der Waals surface area contributed by atoms with Crippen LogP contribution in [0.1, 0.15) is 30.5 Å². The van der Waals surface area contributed by atoms with Crippen LogP contribution in [0.4, 0.5) is 5.69 Å². The van der Waals surface area contributed by atoms with E-state index in [1.807, 2.05) is 47.2 Å². The van der Waals surface area contributed by atoms with Gasteiger partial charge in [0.2, 0.25) is 5.91 Å². The van der Waals surface area contributed by atoms with Gasteiger partial charge in [0.1, 0.15) is 0 Å². The number of nitrogens with zero attached hydrogens (tertiary/aromatic N) is 5. The number of amides is 2. The average molecular weight is 589 g/mol. The molecule has 2 N–H and O–H groups in total. The molecule has 11 heteroatoms. The quantitative estimate of drug-likeness (QED) is 0.331. The molecule has 0 saturated heterocycles. The van der Waals surface area contributed by atoms with E-state index in [0.29, 0.717) is 38.0 Å². The fourth-order valence-corrected chi connectivity index (χ4v) is 4.51. The van der Waals surface area contributed by atoms with Crippen molar-refractivity contribution in [1.82, 2.24) is 30.6 Å². The number of carbonyl (C=O) groups excluding carboxylic acids is 2. The normalized spacial score (nSPS) is 12.2. The van der Waals surface area contributed by atoms with Crippen molar-refractivity contribution < 1.29 is 9.59 Å². The number of benzene rings is 2. The van der Waals surface area contributed by atoms with Gasteiger partial charge in [-0.15, -0.1) is 24.8 Å². The first-order valence-electron chi connectivity index (χ1n) is 13.0. The lowest BCUT2D eigenvalue weighted by molar-refractivity contribution is -0.145. The van der Waals surface area contributed by atoms with Gasteiger partial charge in [0.05, 0.1) is 13.1 Å². The molecule has 0 bridgehead atoms. The zero-order valence-corrected chi connectivity index (χ0v) is 25.1. The Morgan fingerprint density at radius 2 is 1.60 bits per heavy atom. The van der Waals surface area contributed by atoms with E-state index in [0.717, 1.165) is 16.8 Å². The molecule has 4 rings (SSSR count). The summed E-state index contributed by atoms with van der Waals surface area (Å²) in [4.78, 5) is 37.1. The lowest BCUT2D eigenvalue weighted by atomic mass is 10.1. The monoisotopic (exact) mass is 587 g/mol. The third kappa shape index (κ3) is 8.63. The van der Waals surface area contributed by atoms with Crippen molar-refractivity contribution in [1.29, 1.82) is 0 Å². The van der Waals surface area contributed by atoms with Gasteiger partial charge >= 0.3 is 0 Å². The first-order chi connectivity index (χ1) is 18.3. The predicted molar refractivity (Wildman–Crippen MR) is 164 cm³/mol. The van der Waals surface area contributed by atoms with E-state index in [2.05, 4.69) is 46.6 Å². The van der Waals surface area contributed by atoms with Gasteiger partial charge in [0, 0.05) is 62.9 Å². The maximum absolute atomic E-state index is 13.5. The molecule has 0 spiro atoms. The maximum Gasteiger partial charge on any atom is 0.256 e. The molecule has 2 amide bonds. The van der Waals surface area contributed by atoms with Crippen LogP contribution in [0.3, 0.4) is 0 Å². The Bertz CT molecular complexity index is 1240. The highest BCUT2D eigenvalue weighted by molar-refractivity contribution is 5.87. The van der Waals surface area contributed by atoms with Gasteiger partial charge in [-0.1, -0.05) is 50.2 Å². The molecule has 0 unspecified atom stereocenters. The summed E-state index contributed by atoms with van der Waals surface area (Å²) in [6, 6.07) is 16.2. The molecule has 0 aliphatic carbocycles. The zero-order valence-electron chi connectivity index (χ0n) is 23.5. The number of nitrogens with one attached hydrogen (secondary N) is 2.